The highest BCUT2D eigenvalue weighted by Gasteiger charge is 2.18. The van der Waals surface area contributed by atoms with E-state index in [0.717, 1.165) is 18.2 Å². The molecule has 5 rings (SSSR count). The van der Waals surface area contributed by atoms with Gasteiger partial charge in [0, 0.05) is 17.7 Å². The molecule has 0 radical (unpaired) electrons. The van der Waals surface area contributed by atoms with Gasteiger partial charge in [-0.25, -0.2) is 18.2 Å². The molecule has 1 N–H and O–H groups in total. The SMILES string of the molecule is COc1ccc(-c2cc(=O)n3c4ccccc4n(CC(=O)Nc4cc(F)ccc4F)c3n2)cc1. The van der Waals surface area contributed by atoms with Crippen LogP contribution >= 0.6 is 0 Å². The molecule has 0 aliphatic rings. The second kappa shape index (κ2) is 8.43. The molecular weight excluding hydrogens is 442 g/mol. The Morgan fingerprint density at radius 1 is 1.00 bits per heavy atom. The van der Waals surface area contributed by atoms with Gasteiger partial charge >= 0.3 is 0 Å². The average molecular weight is 460 g/mol. The molecule has 0 bridgehead atoms. The Balaban J connectivity index is 1.62. The molecule has 1 amide bonds. The lowest BCUT2D eigenvalue weighted by molar-refractivity contribution is -0.116. The predicted octanol–water partition coefficient (Wildman–Crippen LogP) is 4.24. The molecule has 3 aromatic carbocycles. The average Bonchev–Trinajstić information content (AvgIpc) is 3.15. The summed E-state index contributed by atoms with van der Waals surface area (Å²) in [6.45, 7) is -0.272. The van der Waals surface area contributed by atoms with Gasteiger partial charge in [-0.2, -0.15) is 0 Å². The number of nitrogens with zero attached hydrogens (tertiary/aromatic N) is 3. The van der Waals surface area contributed by atoms with Gasteiger partial charge in [0.15, 0.2) is 0 Å². The summed E-state index contributed by atoms with van der Waals surface area (Å²) in [4.78, 5) is 30.5. The van der Waals surface area contributed by atoms with E-state index in [0.29, 0.717) is 28.0 Å². The van der Waals surface area contributed by atoms with Crippen LogP contribution in [0.2, 0.25) is 0 Å². The standard InChI is InChI=1S/C25H18F2N4O3/c1-34-17-9-6-15(7-10-17)19-13-24(33)31-22-5-3-2-4-21(22)30(25(31)29-19)14-23(32)28-20-12-16(26)8-11-18(20)27/h2-13H,14H2,1H3,(H,28,32). The third kappa shape index (κ3) is 3.77. The summed E-state index contributed by atoms with van der Waals surface area (Å²) in [5.41, 5.74) is 1.70. The largest absolute Gasteiger partial charge is 0.497 e. The number of benzene rings is 3. The number of rotatable bonds is 5. The minimum atomic E-state index is -0.756. The number of hydrogen-bond acceptors (Lipinski definition) is 4. The van der Waals surface area contributed by atoms with Crippen molar-refractivity contribution in [1.29, 1.82) is 0 Å². The zero-order valence-corrected chi connectivity index (χ0v) is 18.0. The van der Waals surface area contributed by atoms with Crippen LogP contribution in [0.15, 0.2) is 77.6 Å². The molecule has 0 aliphatic heterocycles. The highest BCUT2D eigenvalue weighted by molar-refractivity contribution is 5.93. The van der Waals surface area contributed by atoms with E-state index in [1.54, 1.807) is 60.2 Å². The molecule has 0 fully saturated rings. The second-order valence-corrected chi connectivity index (χ2v) is 7.59. The first-order valence-electron chi connectivity index (χ1n) is 10.3. The van der Waals surface area contributed by atoms with Crippen molar-refractivity contribution >= 4 is 28.4 Å². The minimum Gasteiger partial charge on any atom is -0.497 e. The fraction of sp³-hybridized carbons (Fsp3) is 0.0800. The third-order valence-electron chi connectivity index (χ3n) is 5.45. The van der Waals surface area contributed by atoms with E-state index in [1.165, 1.54) is 10.5 Å². The first kappa shape index (κ1) is 21.3. The number of anilines is 1. The first-order chi connectivity index (χ1) is 16.4. The minimum absolute atomic E-state index is 0.245. The highest BCUT2D eigenvalue weighted by atomic mass is 19.1. The zero-order valence-electron chi connectivity index (χ0n) is 18.0. The number of ether oxygens (including phenoxy) is 1. The predicted molar refractivity (Wildman–Crippen MR) is 124 cm³/mol. The molecular formula is C25H18F2N4O3. The van der Waals surface area contributed by atoms with Crippen LogP contribution in [0.5, 0.6) is 5.75 Å². The maximum atomic E-state index is 14.0. The van der Waals surface area contributed by atoms with Crippen LogP contribution in [0, 0.1) is 11.6 Å². The van der Waals surface area contributed by atoms with Crippen LogP contribution in [0.25, 0.3) is 28.1 Å². The van der Waals surface area contributed by atoms with Gasteiger partial charge in [-0.15, -0.1) is 0 Å². The number of carbonyl (C=O) groups excluding carboxylic acids is 1. The van der Waals surface area contributed by atoms with Crippen LogP contribution in [0.3, 0.4) is 0 Å². The van der Waals surface area contributed by atoms with Gasteiger partial charge < -0.3 is 14.6 Å². The van der Waals surface area contributed by atoms with Gasteiger partial charge in [-0.3, -0.25) is 9.59 Å². The van der Waals surface area contributed by atoms with Gasteiger partial charge in [0.05, 0.1) is 29.5 Å². The van der Waals surface area contributed by atoms with Crippen molar-refractivity contribution in [3.63, 3.8) is 0 Å². The van der Waals surface area contributed by atoms with E-state index >= 15 is 0 Å². The van der Waals surface area contributed by atoms with Crippen molar-refractivity contribution in [2.24, 2.45) is 0 Å². The molecule has 0 unspecified atom stereocenters. The Hall–Kier alpha value is -4.53. The molecule has 9 heteroatoms. The van der Waals surface area contributed by atoms with Crippen molar-refractivity contribution in [2.75, 3.05) is 12.4 Å². The van der Waals surface area contributed by atoms with Crippen molar-refractivity contribution in [1.82, 2.24) is 14.0 Å². The Morgan fingerprint density at radius 3 is 2.47 bits per heavy atom. The van der Waals surface area contributed by atoms with Gasteiger partial charge in [-0.05, 0) is 48.5 Å². The first-order valence-corrected chi connectivity index (χ1v) is 10.3. The molecule has 7 nitrogen and oxygen atoms in total. The van der Waals surface area contributed by atoms with Crippen LogP contribution in [-0.2, 0) is 11.3 Å². The molecule has 0 spiro atoms. The summed E-state index contributed by atoms with van der Waals surface area (Å²) in [6.07, 6.45) is 0. The number of nitrogens with one attached hydrogen (secondary N) is 1. The fourth-order valence-corrected chi connectivity index (χ4v) is 3.86. The summed E-state index contributed by atoms with van der Waals surface area (Å²) in [7, 11) is 1.56. The molecule has 0 saturated carbocycles. The van der Waals surface area contributed by atoms with E-state index in [9.17, 15) is 18.4 Å². The molecule has 5 aromatic rings. The lowest BCUT2D eigenvalue weighted by Crippen LogP contribution is -2.21. The maximum absolute atomic E-state index is 14.0. The normalized spacial score (nSPS) is 11.1. The van der Waals surface area contributed by atoms with Crippen LogP contribution in [0.4, 0.5) is 14.5 Å². The molecule has 0 aliphatic carbocycles. The zero-order chi connectivity index (χ0) is 23.8. The number of imidazole rings is 1. The molecule has 2 aromatic heterocycles. The van der Waals surface area contributed by atoms with Gasteiger partial charge in [0.2, 0.25) is 11.7 Å². The molecule has 0 atom stereocenters. The van der Waals surface area contributed by atoms with Crippen molar-refractivity contribution in [3.05, 3.63) is 94.8 Å². The summed E-state index contributed by atoms with van der Waals surface area (Å²) < 4.78 is 35.7. The number of aromatic nitrogens is 3. The van der Waals surface area contributed by atoms with Crippen molar-refractivity contribution < 1.29 is 18.3 Å². The quantitative estimate of drug-likeness (QED) is 0.426. The Kier molecular flexibility index (Phi) is 5.29. The number of hydrogen-bond donors (Lipinski definition) is 1. The van der Waals surface area contributed by atoms with E-state index in [4.69, 9.17) is 4.74 Å². The molecule has 34 heavy (non-hydrogen) atoms. The monoisotopic (exact) mass is 460 g/mol. The topological polar surface area (TPSA) is 77.6 Å². The Bertz CT molecular complexity index is 1610. The smallest absolute Gasteiger partial charge is 0.260 e. The molecule has 0 saturated heterocycles. The Labute approximate surface area is 191 Å². The van der Waals surface area contributed by atoms with Crippen LogP contribution in [0.1, 0.15) is 0 Å². The summed E-state index contributed by atoms with van der Waals surface area (Å²) >= 11 is 0. The lowest BCUT2D eigenvalue weighted by atomic mass is 10.1. The number of fused-ring (bicyclic) bond motifs is 3. The van der Waals surface area contributed by atoms with Crippen molar-refractivity contribution in [3.8, 4) is 17.0 Å². The van der Waals surface area contributed by atoms with E-state index in [1.807, 2.05) is 0 Å². The maximum Gasteiger partial charge on any atom is 0.260 e. The number of carbonyl (C=O) groups is 1. The molecule has 2 heterocycles. The van der Waals surface area contributed by atoms with Crippen molar-refractivity contribution in [2.45, 2.75) is 6.54 Å². The van der Waals surface area contributed by atoms with E-state index in [-0.39, 0.29) is 23.6 Å². The highest BCUT2D eigenvalue weighted by Crippen LogP contribution is 2.24. The summed E-state index contributed by atoms with van der Waals surface area (Å²) in [5, 5.41) is 2.39. The van der Waals surface area contributed by atoms with Gasteiger partial charge in [-0.1, -0.05) is 12.1 Å². The van der Waals surface area contributed by atoms with Gasteiger partial charge in [0.1, 0.15) is 23.9 Å². The summed E-state index contributed by atoms with van der Waals surface area (Å²) in [6, 6.07) is 18.4. The summed E-state index contributed by atoms with van der Waals surface area (Å²) in [5.74, 6) is -1.12. The number of amides is 1. The molecule has 170 valence electrons. The van der Waals surface area contributed by atoms with E-state index in [2.05, 4.69) is 10.3 Å². The second-order valence-electron chi connectivity index (χ2n) is 7.59. The third-order valence-corrected chi connectivity index (χ3v) is 5.45. The Morgan fingerprint density at radius 2 is 1.74 bits per heavy atom. The lowest BCUT2D eigenvalue weighted by Gasteiger charge is -2.09. The fourth-order valence-electron chi connectivity index (χ4n) is 3.86. The number of halogens is 2. The number of para-hydroxylation sites is 2. The van der Waals surface area contributed by atoms with Gasteiger partial charge in [0.25, 0.3) is 5.56 Å². The van der Waals surface area contributed by atoms with Crippen LogP contribution < -0.4 is 15.6 Å². The van der Waals surface area contributed by atoms with Crippen LogP contribution in [-0.4, -0.2) is 27.0 Å². The number of methoxy groups -OCH3 is 1. The van der Waals surface area contributed by atoms with E-state index < -0.39 is 17.5 Å².